The number of piperidine rings is 1. The highest BCUT2D eigenvalue weighted by atomic mass is 16.6. The van der Waals surface area contributed by atoms with Crippen LogP contribution in [-0.2, 0) is 9.53 Å². The van der Waals surface area contributed by atoms with Gasteiger partial charge in [-0.15, -0.1) is 0 Å². The van der Waals surface area contributed by atoms with E-state index < -0.39 is 5.60 Å². The van der Waals surface area contributed by atoms with Gasteiger partial charge in [-0.2, -0.15) is 0 Å². The van der Waals surface area contributed by atoms with Gasteiger partial charge < -0.3 is 14.5 Å². The van der Waals surface area contributed by atoms with E-state index in [0.717, 1.165) is 0 Å². The highest BCUT2D eigenvalue weighted by Gasteiger charge is 2.28. The third-order valence-electron chi connectivity index (χ3n) is 3.09. The second-order valence-electron chi connectivity index (χ2n) is 6.42. The van der Waals surface area contributed by atoms with Crippen LogP contribution in [0.4, 0.5) is 4.79 Å². The molecule has 0 spiro atoms. The minimum absolute atomic E-state index is 0.0184. The van der Waals surface area contributed by atoms with Gasteiger partial charge >= 0.3 is 6.09 Å². The minimum atomic E-state index is -0.474. The summed E-state index contributed by atoms with van der Waals surface area (Å²) in [6, 6.07) is 0. The Morgan fingerprint density at radius 1 is 1.20 bits per heavy atom. The van der Waals surface area contributed by atoms with Gasteiger partial charge in [-0.25, -0.2) is 4.79 Å². The maximum atomic E-state index is 12.0. The lowest BCUT2D eigenvalue weighted by Gasteiger charge is -2.32. The molecule has 0 aromatic heterocycles. The van der Waals surface area contributed by atoms with E-state index in [9.17, 15) is 9.59 Å². The predicted octanol–water partition coefficient (Wildman–Crippen LogP) is 2.28. The molecule has 0 radical (unpaired) electrons. The molecule has 1 saturated heterocycles. The minimum Gasteiger partial charge on any atom is -0.444 e. The first kappa shape index (κ1) is 16.5. The van der Waals surface area contributed by atoms with Crippen LogP contribution in [0, 0.1) is 5.92 Å². The van der Waals surface area contributed by atoms with Crippen LogP contribution in [0.15, 0.2) is 12.3 Å². The molecular formula is C15H26N2O3. The number of hydrogen-bond donors (Lipinski definition) is 0. The first-order valence-corrected chi connectivity index (χ1v) is 7.05. The van der Waals surface area contributed by atoms with Crippen LogP contribution < -0.4 is 0 Å². The third-order valence-corrected chi connectivity index (χ3v) is 3.09. The number of likely N-dealkylation sites (tertiary alicyclic amines) is 1. The summed E-state index contributed by atoms with van der Waals surface area (Å²) < 4.78 is 5.33. The van der Waals surface area contributed by atoms with Gasteiger partial charge in [0.25, 0.3) is 0 Å². The average Bonchev–Trinajstić information content (AvgIpc) is 2.34. The first-order chi connectivity index (χ1) is 9.19. The van der Waals surface area contributed by atoms with Gasteiger partial charge in [0.05, 0.1) is 0 Å². The quantitative estimate of drug-likeness (QED) is 0.745. The smallest absolute Gasteiger partial charge is 0.410 e. The van der Waals surface area contributed by atoms with Crippen molar-refractivity contribution in [1.29, 1.82) is 0 Å². The van der Waals surface area contributed by atoms with E-state index >= 15 is 0 Å². The Bertz CT molecular complexity index is 375. The Morgan fingerprint density at radius 3 is 2.20 bits per heavy atom. The molecular weight excluding hydrogens is 256 g/mol. The zero-order chi connectivity index (χ0) is 15.3. The number of carbonyl (C=O) groups is 2. The molecule has 0 aromatic carbocycles. The molecule has 1 amide bonds. The van der Waals surface area contributed by atoms with Crippen LogP contribution >= 0.6 is 0 Å². The number of nitrogens with zero attached hydrogens (tertiary/aromatic N) is 2. The summed E-state index contributed by atoms with van der Waals surface area (Å²) in [5.41, 5.74) is -0.474. The molecule has 0 saturated carbocycles. The van der Waals surface area contributed by atoms with E-state index in [1.165, 1.54) is 0 Å². The van der Waals surface area contributed by atoms with Crippen molar-refractivity contribution in [2.45, 2.75) is 39.2 Å². The maximum Gasteiger partial charge on any atom is 0.410 e. The van der Waals surface area contributed by atoms with Crippen LogP contribution in [0.25, 0.3) is 0 Å². The predicted molar refractivity (Wildman–Crippen MR) is 78.4 cm³/mol. The SMILES string of the molecule is CN(C)C=CC(=O)C1CCN(C(=O)OC(C)(C)C)CC1. The lowest BCUT2D eigenvalue weighted by atomic mass is 9.92. The van der Waals surface area contributed by atoms with E-state index in [-0.39, 0.29) is 17.8 Å². The normalized spacial score (nSPS) is 17.4. The van der Waals surface area contributed by atoms with Crippen molar-refractivity contribution in [3.8, 4) is 0 Å². The van der Waals surface area contributed by atoms with E-state index in [4.69, 9.17) is 4.74 Å². The van der Waals surface area contributed by atoms with E-state index in [1.807, 2.05) is 39.8 Å². The van der Waals surface area contributed by atoms with Gasteiger partial charge in [0.15, 0.2) is 5.78 Å². The molecule has 1 aliphatic heterocycles. The number of carbonyl (C=O) groups excluding carboxylic acids is 2. The topological polar surface area (TPSA) is 49.9 Å². The maximum absolute atomic E-state index is 12.0. The second-order valence-corrected chi connectivity index (χ2v) is 6.42. The summed E-state index contributed by atoms with van der Waals surface area (Å²) >= 11 is 0. The number of ether oxygens (including phenoxy) is 1. The van der Waals surface area contributed by atoms with E-state index in [1.54, 1.807) is 17.2 Å². The number of allylic oxidation sites excluding steroid dienone is 1. The van der Waals surface area contributed by atoms with Crippen molar-refractivity contribution in [2.75, 3.05) is 27.2 Å². The molecule has 1 rings (SSSR count). The van der Waals surface area contributed by atoms with Crippen LogP contribution in [-0.4, -0.2) is 54.5 Å². The average molecular weight is 282 g/mol. The van der Waals surface area contributed by atoms with Crippen molar-refractivity contribution >= 4 is 11.9 Å². The van der Waals surface area contributed by atoms with Crippen molar-refractivity contribution in [1.82, 2.24) is 9.80 Å². The molecule has 114 valence electrons. The number of hydrogen-bond acceptors (Lipinski definition) is 4. The number of ketones is 1. The Labute approximate surface area is 121 Å². The van der Waals surface area contributed by atoms with Crippen molar-refractivity contribution in [3.05, 3.63) is 12.3 Å². The number of rotatable bonds is 3. The van der Waals surface area contributed by atoms with Gasteiger partial charge in [-0.05, 0) is 39.7 Å². The van der Waals surface area contributed by atoms with Gasteiger partial charge in [-0.3, -0.25) is 4.79 Å². The molecule has 5 nitrogen and oxygen atoms in total. The summed E-state index contributed by atoms with van der Waals surface area (Å²) in [6.07, 6.45) is 4.51. The molecule has 1 fully saturated rings. The molecule has 0 bridgehead atoms. The second kappa shape index (κ2) is 6.77. The van der Waals surface area contributed by atoms with Crippen molar-refractivity contribution in [2.24, 2.45) is 5.92 Å². The van der Waals surface area contributed by atoms with Crippen LogP contribution in [0.2, 0.25) is 0 Å². The van der Waals surface area contributed by atoms with Gasteiger partial charge in [0.1, 0.15) is 5.60 Å². The molecule has 1 heterocycles. The Hall–Kier alpha value is -1.52. The largest absolute Gasteiger partial charge is 0.444 e. The van der Waals surface area contributed by atoms with E-state index in [0.29, 0.717) is 25.9 Å². The summed E-state index contributed by atoms with van der Waals surface area (Å²) in [7, 11) is 3.77. The van der Waals surface area contributed by atoms with Crippen LogP contribution in [0.1, 0.15) is 33.6 Å². The summed E-state index contributed by atoms with van der Waals surface area (Å²) in [5.74, 6) is 0.160. The zero-order valence-corrected chi connectivity index (χ0v) is 13.2. The molecule has 0 unspecified atom stereocenters. The highest BCUT2D eigenvalue weighted by molar-refractivity contribution is 5.91. The molecule has 0 aromatic rings. The molecule has 1 aliphatic rings. The zero-order valence-electron chi connectivity index (χ0n) is 13.2. The molecule has 0 atom stereocenters. The lowest BCUT2D eigenvalue weighted by Crippen LogP contribution is -2.42. The Balaban J connectivity index is 2.44. The summed E-state index contributed by atoms with van der Waals surface area (Å²) in [4.78, 5) is 27.4. The fourth-order valence-electron chi connectivity index (χ4n) is 2.03. The Morgan fingerprint density at radius 2 is 1.75 bits per heavy atom. The highest BCUT2D eigenvalue weighted by Crippen LogP contribution is 2.20. The molecule has 0 N–H and O–H groups in total. The Kier molecular flexibility index (Phi) is 5.60. The molecule has 0 aliphatic carbocycles. The van der Waals surface area contributed by atoms with Gasteiger partial charge in [-0.1, -0.05) is 0 Å². The van der Waals surface area contributed by atoms with Gasteiger partial charge in [0, 0.05) is 39.3 Å². The van der Waals surface area contributed by atoms with E-state index in [2.05, 4.69) is 0 Å². The third kappa shape index (κ3) is 5.63. The lowest BCUT2D eigenvalue weighted by molar-refractivity contribution is -0.119. The molecule has 5 heteroatoms. The van der Waals surface area contributed by atoms with Gasteiger partial charge in [0.2, 0.25) is 0 Å². The van der Waals surface area contributed by atoms with Crippen molar-refractivity contribution in [3.63, 3.8) is 0 Å². The number of amides is 1. The van der Waals surface area contributed by atoms with Crippen LogP contribution in [0.3, 0.4) is 0 Å². The summed E-state index contributed by atoms with van der Waals surface area (Å²) in [6.45, 7) is 6.73. The first-order valence-electron chi connectivity index (χ1n) is 7.05. The molecule has 20 heavy (non-hydrogen) atoms. The van der Waals surface area contributed by atoms with Crippen molar-refractivity contribution < 1.29 is 14.3 Å². The summed E-state index contributed by atoms with van der Waals surface area (Å²) in [5, 5.41) is 0. The monoisotopic (exact) mass is 282 g/mol. The fraction of sp³-hybridized carbons (Fsp3) is 0.733. The fourth-order valence-corrected chi connectivity index (χ4v) is 2.03. The standard InChI is InChI=1S/C15H26N2O3/c1-15(2,3)20-14(19)17-10-6-12(7-11-17)13(18)8-9-16(4)5/h8-9,12H,6-7,10-11H2,1-5H3. The van der Waals surface area contributed by atoms with Crippen LogP contribution in [0.5, 0.6) is 0 Å².